The van der Waals surface area contributed by atoms with Crippen molar-refractivity contribution in [1.29, 1.82) is 0 Å². The van der Waals surface area contributed by atoms with Crippen molar-refractivity contribution < 1.29 is 0 Å². The molecular weight excluding hydrogens is 400 g/mol. The Hall–Kier alpha value is -3.10. The number of para-hydroxylation sites is 2. The summed E-state index contributed by atoms with van der Waals surface area (Å²) in [6.45, 7) is 0. The maximum Gasteiger partial charge on any atom is 0.0541 e. The highest BCUT2D eigenvalue weighted by Gasteiger charge is 2.24. The molecule has 2 N–H and O–H groups in total. The van der Waals surface area contributed by atoms with Crippen molar-refractivity contribution in [1.82, 2.24) is 4.57 Å². The first-order valence-corrected chi connectivity index (χ1v) is 12.5. The average molecular weight is 433 g/mol. The van der Waals surface area contributed by atoms with Gasteiger partial charge in [-0.05, 0) is 79.0 Å². The van der Waals surface area contributed by atoms with Gasteiger partial charge in [0.25, 0.3) is 0 Å². The zero-order valence-electron chi connectivity index (χ0n) is 19.2. The van der Waals surface area contributed by atoms with Gasteiger partial charge in [-0.2, -0.15) is 0 Å². The summed E-state index contributed by atoms with van der Waals surface area (Å²) in [5, 5.41) is 2.62. The van der Waals surface area contributed by atoms with Crippen LogP contribution in [0.2, 0.25) is 0 Å². The highest BCUT2D eigenvalue weighted by molar-refractivity contribution is 6.10. The van der Waals surface area contributed by atoms with Gasteiger partial charge in [-0.3, -0.25) is 0 Å². The first-order chi connectivity index (χ1) is 16.3. The molecule has 6 rings (SSSR count). The van der Waals surface area contributed by atoms with Crippen LogP contribution in [0.15, 0.2) is 91.0 Å². The van der Waals surface area contributed by atoms with Gasteiger partial charge >= 0.3 is 0 Å². The third kappa shape index (κ3) is 3.83. The van der Waals surface area contributed by atoms with Gasteiger partial charge in [-0.15, -0.1) is 0 Å². The molecule has 0 amide bonds. The molecule has 2 aliphatic rings. The summed E-state index contributed by atoms with van der Waals surface area (Å²) in [6.07, 6.45) is 14.8. The molecule has 2 nitrogen and oxygen atoms in total. The number of nitrogens with zero attached hydrogens (tertiary/aromatic N) is 1. The normalized spacial score (nSPS) is 23.2. The van der Waals surface area contributed by atoms with Crippen LogP contribution in [0, 0.1) is 11.8 Å². The minimum atomic E-state index is 0.405. The highest BCUT2D eigenvalue weighted by Crippen LogP contribution is 2.36. The van der Waals surface area contributed by atoms with E-state index in [4.69, 9.17) is 5.73 Å². The van der Waals surface area contributed by atoms with Crippen LogP contribution < -0.4 is 5.73 Å². The van der Waals surface area contributed by atoms with Crippen LogP contribution in [0.25, 0.3) is 33.1 Å². The molecule has 0 bridgehead atoms. The molecule has 4 aromatic rings. The summed E-state index contributed by atoms with van der Waals surface area (Å²) in [5.74, 6) is 1.33. The summed E-state index contributed by atoms with van der Waals surface area (Å²) in [6, 6.07) is 26.8. The van der Waals surface area contributed by atoms with Gasteiger partial charge in [0, 0.05) is 22.5 Å². The molecule has 0 radical (unpaired) electrons. The second-order valence-electron chi connectivity index (χ2n) is 9.88. The van der Waals surface area contributed by atoms with E-state index in [0.717, 1.165) is 6.42 Å². The number of nitrogens with two attached hydrogens (primary N) is 1. The lowest BCUT2D eigenvalue weighted by Gasteiger charge is -2.31. The molecule has 3 atom stereocenters. The Morgan fingerprint density at radius 1 is 0.818 bits per heavy atom. The lowest BCUT2D eigenvalue weighted by Crippen LogP contribution is -2.34. The van der Waals surface area contributed by atoms with Crippen LogP contribution in [0.3, 0.4) is 0 Å². The number of benzene rings is 3. The van der Waals surface area contributed by atoms with Crippen LogP contribution in [0.5, 0.6) is 0 Å². The van der Waals surface area contributed by atoms with Gasteiger partial charge in [0.15, 0.2) is 0 Å². The number of fused-ring (bicyclic) bond motifs is 3. The van der Waals surface area contributed by atoms with Crippen LogP contribution in [0.1, 0.15) is 44.1 Å². The van der Waals surface area contributed by atoms with Crippen LogP contribution >= 0.6 is 0 Å². The van der Waals surface area contributed by atoms with E-state index in [9.17, 15) is 0 Å². The first kappa shape index (κ1) is 20.5. The standard InChI is InChI=1S/C31H32N2/c32-29-12-6-4-8-25(29)20-22-14-16-23(17-15-22)24-18-19-31-28(21-24)27-11-5-7-13-30(27)33(31)26-9-2-1-3-10-26/h1-3,5,7,9-11,13-14,16-19,21-22,25,29H,4,6,8,12,15,20,32H2. The summed E-state index contributed by atoms with van der Waals surface area (Å²) in [4.78, 5) is 0. The van der Waals surface area contributed by atoms with E-state index in [-0.39, 0.29) is 0 Å². The SMILES string of the molecule is NC1CCCCC1CC1C=CC(c2ccc3c(c2)c2ccccc2n3-c2ccccc2)=CC1. The lowest BCUT2D eigenvalue weighted by atomic mass is 9.77. The third-order valence-electron chi connectivity index (χ3n) is 7.78. The predicted molar refractivity (Wildman–Crippen MR) is 141 cm³/mol. The van der Waals surface area contributed by atoms with Crippen LogP contribution in [0.4, 0.5) is 0 Å². The van der Waals surface area contributed by atoms with E-state index in [1.165, 1.54) is 70.7 Å². The van der Waals surface area contributed by atoms with Crippen molar-refractivity contribution in [3.63, 3.8) is 0 Å². The smallest absolute Gasteiger partial charge is 0.0541 e. The minimum absolute atomic E-state index is 0.405. The molecule has 166 valence electrons. The highest BCUT2D eigenvalue weighted by atomic mass is 15.0. The van der Waals surface area contributed by atoms with Crippen molar-refractivity contribution in [2.75, 3.05) is 0 Å². The van der Waals surface area contributed by atoms with Gasteiger partial charge in [0.2, 0.25) is 0 Å². The van der Waals surface area contributed by atoms with Gasteiger partial charge in [0.1, 0.15) is 0 Å². The van der Waals surface area contributed by atoms with E-state index >= 15 is 0 Å². The minimum Gasteiger partial charge on any atom is -0.327 e. The first-order valence-electron chi connectivity index (χ1n) is 12.5. The molecule has 1 fully saturated rings. The predicted octanol–water partition coefficient (Wildman–Crippen LogP) is 7.65. The van der Waals surface area contributed by atoms with Crippen molar-refractivity contribution in [3.05, 3.63) is 96.6 Å². The molecule has 2 aliphatic carbocycles. The third-order valence-corrected chi connectivity index (χ3v) is 7.78. The lowest BCUT2D eigenvalue weighted by molar-refractivity contribution is 0.268. The zero-order valence-corrected chi connectivity index (χ0v) is 19.2. The number of rotatable bonds is 4. The van der Waals surface area contributed by atoms with Gasteiger partial charge in [-0.1, -0.05) is 73.5 Å². The molecule has 33 heavy (non-hydrogen) atoms. The van der Waals surface area contributed by atoms with Crippen molar-refractivity contribution in [3.8, 4) is 5.69 Å². The summed E-state index contributed by atoms with van der Waals surface area (Å²) < 4.78 is 2.38. The molecule has 1 heterocycles. The summed E-state index contributed by atoms with van der Waals surface area (Å²) in [7, 11) is 0. The fraction of sp³-hybridized carbons (Fsp3) is 0.290. The number of allylic oxidation sites excluding steroid dienone is 4. The van der Waals surface area contributed by atoms with Gasteiger partial charge in [0.05, 0.1) is 11.0 Å². The van der Waals surface area contributed by atoms with Gasteiger partial charge in [-0.25, -0.2) is 0 Å². The monoisotopic (exact) mass is 432 g/mol. The maximum absolute atomic E-state index is 6.42. The number of aromatic nitrogens is 1. The van der Waals surface area contributed by atoms with Crippen LogP contribution in [-0.4, -0.2) is 10.6 Å². The second-order valence-corrected chi connectivity index (χ2v) is 9.88. The summed E-state index contributed by atoms with van der Waals surface area (Å²) in [5.41, 5.74) is 12.8. The Kier molecular flexibility index (Phi) is 5.39. The Balaban J connectivity index is 1.32. The molecule has 0 saturated heterocycles. The Morgan fingerprint density at radius 2 is 1.61 bits per heavy atom. The van der Waals surface area contributed by atoms with E-state index in [2.05, 4.69) is 95.6 Å². The van der Waals surface area contributed by atoms with E-state index in [1.54, 1.807) is 0 Å². The maximum atomic E-state index is 6.42. The Morgan fingerprint density at radius 3 is 2.42 bits per heavy atom. The Bertz CT molecular complexity index is 1340. The molecule has 2 heteroatoms. The topological polar surface area (TPSA) is 30.9 Å². The quantitative estimate of drug-likeness (QED) is 0.353. The van der Waals surface area contributed by atoms with Crippen molar-refractivity contribution in [2.24, 2.45) is 17.6 Å². The molecule has 3 aromatic carbocycles. The van der Waals surface area contributed by atoms with Crippen molar-refractivity contribution in [2.45, 2.75) is 44.6 Å². The number of hydrogen-bond donors (Lipinski definition) is 1. The second kappa shape index (κ2) is 8.68. The largest absolute Gasteiger partial charge is 0.327 e. The Labute approximate surface area is 196 Å². The zero-order chi connectivity index (χ0) is 22.2. The van der Waals surface area contributed by atoms with Gasteiger partial charge < -0.3 is 10.3 Å². The molecule has 0 aliphatic heterocycles. The molecule has 3 unspecified atom stereocenters. The van der Waals surface area contributed by atoms with E-state index in [0.29, 0.717) is 17.9 Å². The fourth-order valence-corrected chi connectivity index (χ4v) is 5.98. The van der Waals surface area contributed by atoms with Crippen molar-refractivity contribution >= 4 is 27.4 Å². The summed E-state index contributed by atoms with van der Waals surface area (Å²) >= 11 is 0. The molecular formula is C31H32N2. The average Bonchev–Trinajstić information content (AvgIpc) is 3.20. The molecule has 1 aromatic heterocycles. The molecule has 0 spiro atoms. The van der Waals surface area contributed by atoms with E-state index in [1.807, 2.05) is 0 Å². The van der Waals surface area contributed by atoms with Crippen LogP contribution in [-0.2, 0) is 0 Å². The number of hydrogen-bond acceptors (Lipinski definition) is 1. The molecule has 1 saturated carbocycles. The fourth-order valence-electron chi connectivity index (χ4n) is 5.98. The van der Waals surface area contributed by atoms with E-state index < -0.39 is 0 Å².